The number of hydrogen-bond acceptors (Lipinski definition) is 3. The van der Waals surface area contributed by atoms with Crippen LogP contribution in [0.15, 0.2) is 42.5 Å². The number of benzene rings is 2. The van der Waals surface area contributed by atoms with E-state index in [0.29, 0.717) is 16.4 Å². The molecule has 3 rings (SSSR count). The van der Waals surface area contributed by atoms with Gasteiger partial charge in [0.2, 0.25) is 0 Å². The van der Waals surface area contributed by atoms with Crippen molar-refractivity contribution >= 4 is 11.6 Å². The summed E-state index contributed by atoms with van der Waals surface area (Å²) in [6.45, 7) is 3.94. The quantitative estimate of drug-likeness (QED) is 0.717. The molecule has 0 amide bonds. The molecule has 5 heteroatoms. The highest BCUT2D eigenvalue weighted by Gasteiger charge is 2.17. The minimum Gasteiger partial charge on any atom is -0.211 e. The van der Waals surface area contributed by atoms with E-state index < -0.39 is 0 Å². The average molecular weight is 309 g/mol. The van der Waals surface area contributed by atoms with E-state index >= 15 is 0 Å². The van der Waals surface area contributed by atoms with Crippen molar-refractivity contribution in [1.29, 1.82) is 5.26 Å². The number of aryl methyl sites for hydroxylation is 1. The van der Waals surface area contributed by atoms with E-state index in [-0.39, 0.29) is 0 Å². The van der Waals surface area contributed by atoms with Gasteiger partial charge in [0.05, 0.1) is 5.69 Å². The SMILES string of the molecule is Cc1ccc(-c2c(C#N)nnn2-c2cccc(Cl)c2C)cc1. The molecule has 0 spiro atoms. The first-order valence-corrected chi connectivity index (χ1v) is 7.18. The van der Waals surface area contributed by atoms with E-state index in [4.69, 9.17) is 11.6 Å². The van der Waals surface area contributed by atoms with Crippen LogP contribution < -0.4 is 0 Å². The first-order chi connectivity index (χ1) is 10.6. The number of nitrogens with zero attached hydrogens (tertiary/aromatic N) is 4. The summed E-state index contributed by atoms with van der Waals surface area (Å²) in [6, 6.07) is 15.6. The molecule has 22 heavy (non-hydrogen) atoms. The van der Waals surface area contributed by atoms with E-state index in [2.05, 4.69) is 16.4 Å². The maximum atomic E-state index is 9.33. The number of hydrogen-bond donors (Lipinski definition) is 0. The van der Waals surface area contributed by atoms with Gasteiger partial charge < -0.3 is 0 Å². The lowest BCUT2D eigenvalue weighted by Gasteiger charge is -2.10. The van der Waals surface area contributed by atoms with Crippen molar-refractivity contribution in [2.24, 2.45) is 0 Å². The summed E-state index contributed by atoms with van der Waals surface area (Å²) in [5.74, 6) is 0. The Balaban J connectivity index is 2.26. The summed E-state index contributed by atoms with van der Waals surface area (Å²) in [4.78, 5) is 0. The van der Waals surface area contributed by atoms with Gasteiger partial charge in [-0.15, -0.1) is 5.10 Å². The Hall–Kier alpha value is -2.64. The fourth-order valence-corrected chi connectivity index (χ4v) is 2.49. The van der Waals surface area contributed by atoms with Crippen LogP contribution in [0, 0.1) is 25.2 Å². The zero-order valence-electron chi connectivity index (χ0n) is 12.2. The maximum absolute atomic E-state index is 9.33. The average Bonchev–Trinajstić information content (AvgIpc) is 2.94. The van der Waals surface area contributed by atoms with Gasteiger partial charge in [0.25, 0.3) is 0 Å². The van der Waals surface area contributed by atoms with Crippen LogP contribution in [0.3, 0.4) is 0 Å². The van der Waals surface area contributed by atoms with Crippen molar-refractivity contribution in [3.05, 3.63) is 64.3 Å². The molecule has 0 aliphatic heterocycles. The maximum Gasteiger partial charge on any atom is 0.191 e. The van der Waals surface area contributed by atoms with Crippen LogP contribution in [0.4, 0.5) is 0 Å². The first kappa shape index (κ1) is 14.3. The van der Waals surface area contributed by atoms with Crippen molar-refractivity contribution in [1.82, 2.24) is 15.0 Å². The van der Waals surface area contributed by atoms with E-state index in [1.807, 2.05) is 56.3 Å². The van der Waals surface area contributed by atoms with Gasteiger partial charge in [-0.2, -0.15) is 5.26 Å². The van der Waals surface area contributed by atoms with Crippen LogP contribution in [0.1, 0.15) is 16.8 Å². The van der Waals surface area contributed by atoms with Gasteiger partial charge in [0.15, 0.2) is 5.69 Å². The molecule has 0 radical (unpaired) electrons. The molecule has 0 aliphatic rings. The summed E-state index contributed by atoms with van der Waals surface area (Å²) in [5, 5.41) is 18.1. The molecule has 108 valence electrons. The molecular formula is C17H13ClN4. The van der Waals surface area contributed by atoms with Crippen molar-refractivity contribution in [2.75, 3.05) is 0 Å². The summed E-state index contributed by atoms with van der Waals surface area (Å²) >= 11 is 6.20. The molecule has 2 aromatic carbocycles. The smallest absolute Gasteiger partial charge is 0.191 e. The molecule has 0 atom stereocenters. The predicted octanol–water partition coefficient (Wildman–Crippen LogP) is 4.08. The zero-order valence-corrected chi connectivity index (χ0v) is 13.0. The molecule has 4 nitrogen and oxygen atoms in total. The topological polar surface area (TPSA) is 54.5 Å². The predicted molar refractivity (Wildman–Crippen MR) is 86.0 cm³/mol. The van der Waals surface area contributed by atoms with Gasteiger partial charge in [0.1, 0.15) is 11.8 Å². The number of aromatic nitrogens is 3. The van der Waals surface area contributed by atoms with E-state index in [0.717, 1.165) is 22.4 Å². The van der Waals surface area contributed by atoms with Crippen LogP contribution >= 0.6 is 11.6 Å². The monoisotopic (exact) mass is 308 g/mol. The van der Waals surface area contributed by atoms with Crippen molar-refractivity contribution in [2.45, 2.75) is 13.8 Å². The minimum atomic E-state index is 0.295. The van der Waals surface area contributed by atoms with Gasteiger partial charge in [0, 0.05) is 10.6 Å². The second-order valence-electron chi connectivity index (χ2n) is 5.06. The van der Waals surface area contributed by atoms with Crippen LogP contribution in [-0.2, 0) is 0 Å². The number of rotatable bonds is 2. The van der Waals surface area contributed by atoms with Crippen LogP contribution in [-0.4, -0.2) is 15.0 Å². The largest absolute Gasteiger partial charge is 0.211 e. The normalized spacial score (nSPS) is 10.5. The lowest BCUT2D eigenvalue weighted by Crippen LogP contribution is -2.02. The summed E-state index contributed by atoms with van der Waals surface area (Å²) in [7, 11) is 0. The van der Waals surface area contributed by atoms with Gasteiger partial charge in [-0.05, 0) is 31.5 Å². The molecule has 0 unspecified atom stereocenters. The first-order valence-electron chi connectivity index (χ1n) is 6.80. The molecule has 1 aromatic heterocycles. The Kier molecular flexibility index (Phi) is 3.66. The molecule has 0 fully saturated rings. The van der Waals surface area contributed by atoms with Gasteiger partial charge in [-0.3, -0.25) is 0 Å². The third kappa shape index (κ3) is 2.36. The Bertz CT molecular complexity index is 873. The van der Waals surface area contributed by atoms with E-state index in [9.17, 15) is 5.26 Å². The molecular weight excluding hydrogens is 296 g/mol. The van der Waals surface area contributed by atoms with Gasteiger partial charge in [-0.1, -0.05) is 52.7 Å². The number of nitriles is 1. The molecule has 0 saturated carbocycles. The molecule has 0 N–H and O–H groups in total. The third-order valence-corrected chi connectivity index (χ3v) is 3.98. The number of halogens is 1. The Morgan fingerprint density at radius 3 is 2.50 bits per heavy atom. The molecule has 3 aromatic rings. The van der Waals surface area contributed by atoms with E-state index in [1.54, 1.807) is 4.68 Å². The Morgan fingerprint density at radius 2 is 1.82 bits per heavy atom. The highest BCUT2D eigenvalue weighted by atomic mass is 35.5. The fraction of sp³-hybridized carbons (Fsp3) is 0.118. The van der Waals surface area contributed by atoms with Crippen LogP contribution in [0.5, 0.6) is 0 Å². The minimum absolute atomic E-state index is 0.295. The molecule has 0 bridgehead atoms. The van der Waals surface area contributed by atoms with Crippen LogP contribution in [0.25, 0.3) is 16.9 Å². The lowest BCUT2D eigenvalue weighted by molar-refractivity contribution is 0.802. The van der Waals surface area contributed by atoms with Crippen molar-refractivity contribution < 1.29 is 0 Å². The standard InChI is InChI=1S/C17H13ClN4/c1-11-6-8-13(9-7-11)17-15(10-19)20-21-22(17)16-5-3-4-14(18)12(16)2/h3-9H,1-2H3. The van der Waals surface area contributed by atoms with Gasteiger partial charge in [-0.25, -0.2) is 4.68 Å². The lowest BCUT2D eigenvalue weighted by atomic mass is 10.1. The van der Waals surface area contributed by atoms with E-state index in [1.165, 1.54) is 0 Å². The fourth-order valence-electron chi connectivity index (χ4n) is 2.32. The Labute approximate surface area is 133 Å². The summed E-state index contributed by atoms with van der Waals surface area (Å²) in [5.41, 5.74) is 4.73. The summed E-state index contributed by atoms with van der Waals surface area (Å²) in [6.07, 6.45) is 0. The third-order valence-electron chi connectivity index (χ3n) is 3.57. The molecule has 0 aliphatic carbocycles. The zero-order chi connectivity index (χ0) is 15.7. The van der Waals surface area contributed by atoms with Crippen LogP contribution in [0.2, 0.25) is 5.02 Å². The second-order valence-corrected chi connectivity index (χ2v) is 5.47. The van der Waals surface area contributed by atoms with Gasteiger partial charge >= 0.3 is 0 Å². The highest BCUT2D eigenvalue weighted by molar-refractivity contribution is 6.31. The highest BCUT2D eigenvalue weighted by Crippen LogP contribution is 2.28. The molecule has 1 heterocycles. The second kappa shape index (κ2) is 5.63. The summed E-state index contributed by atoms with van der Waals surface area (Å²) < 4.78 is 1.67. The van der Waals surface area contributed by atoms with Crippen molar-refractivity contribution in [3.63, 3.8) is 0 Å². The molecule has 0 saturated heterocycles. The van der Waals surface area contributed by atoms with Crippen molar-refractivity contribution in [3.8, 4) is 23.0 Å². The Morgan fingerprint density at radius 1 is 1.09 bits per heavy atom.